The van der Waals surface area contributed by atoms with Crippen LogP contribution in [0.4, 0.5) is 0 Å². The Morgan fingerprint density at radius 3 is 2.86 bits per heavy atom. The van der Waals surface area contributed by atoms with Crippen LogP contribution in [0.5, 0.6) is 0 Å². The number of rotatable bonds is 3. The van der Waals surface area contributed by atoms with Gasteiger partial charge >= 0.3 is 0 Å². The minimum atomic E-state index is -3.34. The molecule has 0 fully saturated rings. The largest absolute Gasteiger partial charge is 0.331 e. The van der Waals surface area contributed by atoms with Gasteiger partial charge in [-0.2, -0.15) is 0 Å². The third-order valence-corrected chi connectivity index (χ3v) is 5.82. The number of aryl methyl sites for hydroxylation is 1. The lowest BCUT2D eigenvalue weighted by molar-refractivity contribution is 0.0728. The van der Waals surface area contributed by atoms with Gasteiger partial charge in [0, 0.05) is 26.0 Å². The molecule has 0 N–H and O–H groups in total. The highest BCUT2D eigenvalue weighted by Crippen LogP contribution is 2.36. The van der Waals surface area contributed by atoms with E-state index in [1.165, 1.54) is 4.90 Å². The minimum absolute atomic E-state index is 0.0819. The standard InChI is InChI=1S/C15H17N3O3S/c1-3-18-9-8-16-14(18)15(19)17(2)12-10-22(20,21)13-7-5-4-6-11(12)13/h4-9,12H,3,10H2,1-2H3. The van der Waals surface area contributed by atoms with Crippen molar-refractivity contribution in [2.45, 2.75) is 24.4 Å². The summed E-state index contributed by atoms with van der Waals surface area (Å²) in [6.45, 7) is 2.56. The maximum absolute atomic E-state index is 12.6. The highest BCUT2D eigenvalue weighted by atomic mass is 32.2. The van der Waals surface area contributed by atoms with Gasteiger partial charge in [0.1, 0.15) is 0 Å². The zero-order chi connectivity index (χ0) is 15.9. The van der Waals surface area contributed by atoms with Gasteiger partial charge in [0.15, 0.2) is 15.7 Å². The van der Waals surface area contributed by atoms with Crippen molar-refractivity contribution in [2.75, 3.05) is 12.8 Å². The molecule has 116 valence electrons. The summed E-state index contributed by atoms with van der Waals surface area (Å²) in [6, 6.07) is 6.37. The SMILES string of the molecule is CCn1ccnc1C(=O)N(C)C1CS(=O)(=O)c2ccccc21. The predicted octanol–water partition coefficient (Wildman–Crippen LogP) is 1.50. The molecule has 1 unspecified atom stereocenters. The van der Waals surface area contributed by atoms with E-state index in [9.17, 15) is 13.2 Å². The quantitative estimate of drug-likeness (QED) is 0.859. The fourth-order valence-corrected chi connectivity index (χ4v) is 4.66. The Morgan fingerprint density at radius 2 is 2.14 bits per heavy atom. The number of fused-ring (bicyclic) bond motifs is 1. The van der Waals surface area contributed by atoms with Gasteiger partial charge in [-0.1, -0.05) is 18.2 Å². The van der Waals surface area contributed by atoms with Gasteiger partial charge in [-0.05, 0) is 18.6 Å². The van der Waals surface area contributed by atoms with Crippen LogP contribution in [-0.2, 0) is 16.4 Å². The van der Waals surface area contributed by atoms with Crippen LogP contribution in [0.2, 0.25) is 0 Å². The molecule has 0 spiro atoms. The first-order chi connectivity index (χ1) is 10.5. The maximum atomic E-state index is 12.6. The molecule has 0 bridgehead atoms. The van der Waals surface area contributed by atoms with Crippen LogP contribution < -0.4 is 0 Å². The lowest BCUT2D eigenvalue weighted by Gasteiger charge is -2.24. The van der Waals surface area contributed by atoms with E-state index >= 15 is 0 Å². The van der Waals surface area contributed by atoms with Crippen LogP contribution >= 0.6 is 0 Å². The molecular formula is C15H17N3O3S. The molecule has 1 aromatic carbocycles. The molecule has 1 aliphatic heterocycles. The van der Waals surface area contributed by atoms with E-state index < -0.39 is 15.9 Å². The normalized spacial score (nSPS) is 18.9. The number of sulfone groups is 1. The zero-order valence-electron chi connectivity index (χ0n) is 12.4. The van der Waals surface area contributed by atoms with Gasteiger partial charge < -0.3 is 9.47 Å². The Balaban J connectivity index is 1.97. The van der Waals surface area contributed by atoms with Crippen molar-refractivity contribution >= 4 is 15.7 Å². The number of benzene rings is 1. The molecule has 2 aromatic rings. The fourth-order valence-electron chi connectivity index (χ4n) is 2.81. The molecule has 6 nitrogen and oxygen atoms in total. The van der Waals surface area contributed by atoms with E-state index in [1.54, 1.807) is 48.3 Å². The Kier molecular flexibility index (Phi) is 3.52. The summed E-state index contributed by atoms with van der Waals surface area (Å²) < 4.78 is 26.2. The molecule has 0 saturated carbocycles. The van der Waals surface area contributed by atoms with Crippen LogP contribution in [0.15, 0.2) is 41.6 Å². The number of carbonyl (C=O) groups is 1. The lowest BCUT2D eigenvalue weighted by Crippen LogP contribution is -2.34. The second kappa shape index (κ2) is 5.24. The predicted molar refractivity (Wildman–Crippen MR) is 81.2 cm³/mol. The van der Waals surface area contributed by atoms with E-state index in [4.69, 9.17) is 0 Å². The summed E-state index contributed by atoms with van der Waals surface area (Å²) in [6.07, 6.45) is 3.31. The van der Waals surface area contributed by atoms with Crippen molar-refractivity contribution in [3.63, 3.8) is 0 Å². The smallest absolute Gasteiger partial charge is 0.290 e. The zero-order valence-corrected chi connectivity index (χ0v) is 13.2. The van der Waals surface area contributed by atoms with Crippen LogP contribution in [0.3, 0.4) is 0 Å². The van der Waals surface area contributed by atoms with E-state index in [0.29, 0.717) is 22.8 Å². The average molecular weight is 319 g/mol. The minimum Gasteiger partial charge on any atom is -0.331 e. The third-order valence-electron chi connectivity index (χ3n) is 4.03. The lowest BCUT2D eigenvalue weighted by atomic mass is 10.1. The van der Waals surface area contributed by atoms with Crippen molar-refractivity contribution in [3.05, 3.63) is 48.0 Å². The number of nitrogens with zero attached hydrogens (tertiary/aromatic N) is 3. The molecule has 2 heterocycles. The molecule has 22 heavy (non-hydrogen) atoms. The monoisotopic (exact) mass is 319 g/mol. The topological polar surface area (TPSA) is 72.3 Å². The summed E-state index contributed by atoms with van der Waals surface area (Å²) in [5, 5.41) is 0. The molecule has 0 aliphatic carbocycles. The van der Waals surface area contributed by atoms with Gasteiger partial charge in [0.05, 0.1) is 16.7 Å². The summed E-state index contributed by atoms with van der Waals surface area (Å²) in [4.78, 5) is 18.5. The molecule has 0 radical (unpaired) electrons. The van der Waals surface area contributed by atoms with Crippen molar-refractivity contribution in [3.8, 4) is 0 Å². The first-order valence-electron chi connectivity index (χ1n) is 7.05. The number of imidazole rings is 1. The Bertz CT molecular complexity index is 826. The van der Waals surface area contributed by atoms with Crippen molar-refractivity contribution in [1.82, 2.24) is 14.5 Å². The Morgan fingerprint density at radius 1 is 1.41 bits per heavy atom. The van der Waals surface area contributed by atoms with Gasteiger partial charge in [0.2, 0.25) is 0 Å². The van der Waals surface area contributed by atoms with Gasteiger partial charge in [0.25, 0.3) is 5.91 Å². The number of hydrogen-bond acceptors (Lipinski definition) is 4. The highest BCUT2D eigenvalue weighted by molar-refractivity contribution is 7.91. The summed E-state index contributed by atoms with van der Waals surface area (Å²) in [7, 11) is -1.71. The molecule has 7 heteroatoms. The first kappa shape index (κ1) is 14.8. The third kappa shape index (κ3) is 2.21. The molecule has 1 aliphatic rings. The van der Waals surface area contributed by atoms with Gasteiger partial charge in [-0.25, -0.2) is 13.4 Å². The summed E-state index contributed by atoms with van der Waals surface area (Å²) in [5.74, 6) is -0.0305. The molecule has 0 saturated heterocycles. The van der Waals surface area contributed by atoms with Crippen LogP contribution in [-0.4, -0.2) is 41.6 Å². The fraction of sp³-hybridized carbons (Fsp3) is 0.333. The Hall–Kier alpha value is -2.15. The van der Waals surface area contributed by atoms with Gasteiger partial charge in [-0.3, -0.25) is 4.79 Å². The maximum Gasteiger partial charge on any atom is 0.290 e. The molecular weight excluding hydrogens is 302 g/mol. The summed E-state index contributed by atoms with van der Waals surface area (Å²) in [5.41, 5.74) is 0.674. The number of carbonyl (C=O) groups excluding carboxylic acids is 1. The van der Waals surface area contributed by atoms with Crippen molar-refractivity contribution in [1.29, 1.82) is 0 Å². The number of aromatic nitrogens is 2. The van der Waals surface area contributed by atoms with Crippen molar-refractivity contribution in [2.24, 2.45) is 0 Å². The molecule has 1 aromatic heterocycles. The molecule has 1 atom stereocenters. The summed E-state index contributed by atoms with van der Waals surface area (Å²) >= 11 is 0. The second-order valence-corrected chi connectivity index (χ2v) is 7.29. The molecule has 3 rings (SSSR count). The van der Waals surface area contributed by atoms with Crippen LogP contribution in [0, 0.1) is 0 Å². The number of hydrogen-bond donors (Lipinski definition) is 0. The highest BCUT2D eigenvalue weighted by Gasteiger charge is 2.38. The van der Waals surface area contributed by atoms with Crippen LogP contribution in [0.1, 0.15) is 29.1 Å². The Labute approximate surface area is 129 Å². The van der Waals surface area contributed by atoms with E-state index in [0.717, 1.165) is 0 Å². The van der Waals surface area contributed by atoms with Gasteiger partial charge in [-0.15, -0.1) is 0 Å². The first-order valence-corrected chi connectivity index (χ1v) is 8.71. The van der Waals surface area contributed by atoms with E-state index in [1.807, 2.05) is 6.92 Å². The number of amides is 1. The average Bonchev–Trinajstić information content (AvgIpc) is 3.09. The van der Waals surface area contributed by atoms with Crippen LogP contribution in [0.25, 0.3) is 0 Å². The van der Waals surface area contributed by atoms with E-state index in [-0.39, 0.29) is 11.7 Å². The van der Waals surface area contributed by atoms with E-state index in [2.05, 4.69) is 4.98 Å². The molecule has 1 amide bonds. The van der Waals surface area contributed by atoms with Crippen molar-refractivity contribution < 1.29 is 13.2 Å². The second-order valence-electron chi connectivity index (χ2n) is 5.29.